The molecule has 1 aromatic rings. The van der Waals surface area contributed by atoms with Crippen LogP contribution in [0.2, 0.25) is 0 Å². The third kappa shape index (κ3) is 3.83. The van der Waals surface area contributed by atoms with Gasteiger partial charge in [-0.05, 0) is 32.1 Å². The lowest BCUT2D eigenvalue weighted by molar-refractivity contribution is -0.161. The van der Waals surface area contributed by atoms with Crippen LogP contribution in [-0.4, -0.2) is 67.3 Å². The van der Waals surface area contributed by atoms with Crippen LogP contribution in [0.15, 0.2) is 39.7 Å². The Morgan fingerprint density at radius 3 is 2.69 bits per heavy atom. The summed E-state index contributed by atoms with van der Waals surface area (Å²) >= 11 is 1.30. The Kier molecular flexibility index (Phi) is 5.38. The number of amides is 2. The summed E-state index contributed by atoms with van der Waals surface area (Å²) in [6, 6.07) is 1.95. The molecule has 1 saturated heterocycles. The number of hydrogen-bond acceptors (Lipinski definition) is 8. The Hall–Kier alpha value is -3.28. The number of nitrogens with zero attached hydrogens (tertiary/aromatic N) is 2. The molecule has 0 unspecified atom stereocenters. The predicted octanol–water partition coefficient (Wildman–Crippen LogP) is 0.232. The van der Waals surface area contributed by atoms with Crippen LogP contribution in [0, 0.1) is 0 Å². The van der Waals surface area contributed by atoms with Crippen LogP contribution in [-0.2, 0) is 24.0 Å². The van der Waals surface area contributed by atoms with E-state index in [2.05, 4.69) is 10.5 Å². The summed E-state index contributed by atoms with van der Waals surface area (Å²) in [7, 11) is 0. The smallest absolute Gasteiger partial charge is 0.352 e. The van der Waals surface area contributed by atoms with Gasteiger partial charge in [-0.3, -0.25) is 14.5 Å². The second kappa shape index (κ2) is 7.62. The molecule has 0 aromatic carbocycles. The molecule has 11 nitrogen and oxygen atoms in total. The molecule has 1 aromatic heterocycles. The standard InChI is InChI=1S/C17H17N3O8S/c1-17(2,16(25)26)28-19-10(9-4-3-6-27-9)12(21)18-11-13(22)20-8(15(23)24)5-7-29-14(11)20/h3-6,11,14H,7H2,1-2H3,(H,18,21)(H,23,24)(H,25,26)/t11-,14-/m1/s1. The van der Waals surface area contributed by atoms with Crippen LogP contribution in [0.1, 0.15) is 19.6 Å². The zero-order valence-corrected chi connectivity index (χ0v) is 16.1. The highest BCUT2D eigenvalue weighted by Gasteiger charge is 2.53. The van der Waals surface area contributed by atoms with Gasteiger partial charge in [0.05, 0.1) is 6.26 Å². The van der Waals surface area contributed by atoms with Crippen LogP contribution in [0.25, 0.3) is 0 Å². The molecule has 2 aliphatic heterocycles. The highest BCUT2D eigenvalue weighted by atomic mass is 32.2. The second-order valence-electron chi connectivity index (χ2n) is 6.60. The van der Waals surface area contributed by atoms with Crippen molar-refractivity contribution in [1.82, 2.24) is 10.2 Å². The SMILES string of the molecule is CC(C)(ON=C(C(=O)N[C@@H]1C(=O)N2C(C(=O)O)=CCS[C@H]12)c1ccco1)C(=O)O. The summed E-state index contributed by atoms with van der Waals surface area (Å²) in [6.45, 7) is 2.50. The first kappa shape index (κ1) is 20.5. The molecule has 0 bridgehead atoms. The summed E-state index contributed by atoms with van der Waals surface area (Å²) in [5, 5.41) is 23.9. The van der Waals surface area contributed by atoms with Gasteiger partial charge in [0, 0.05) is 5.75 Å². The van der Waals surface area contributed by atoms with E-state index in [0.717, 1.165) is 4.90 Å². The number of nitrogens with one attached hydrogen (secondary N) is 1. The fraction of sp³-hybridized carbons (Fsp3) is 0.353. The van der Waals surface area contributed by atoms with Crippen molar-refractivity contribution in [3.63, 3.8) is 0 Å². The molecule has 0 aliphatic carbocycles. The fourth-order valence-corrected chi connectivity index (χ4v) is 3.75. The number of carbonyl (C=O) groups excluding carboxylic acids is 2. The van der Waals surface area contributed by atoms with Crippen molar-refractivity contribution >= 4 is 41.2 Å². The summed E-state index contributed by atoms with van der Waals surface area (Å²) in [4.78, 5) is 53.7. The number of carboxylic acids is 2. The number of fused-ring (bicyclic) bond motifs is 1. The van der Waals surface area contributed by atoms with E-state index in [-0.39, 0.29) is 17.2 Å². The molecule has 1 fully saturated rings. The van der Waals surface area contributed by atoms with Gasteiger partial charge in [0.25, 0.3) is 11.8 Å². The lowest BCUT2D eigenvalue weighted by atomic mass is 10.0. The first-order chi connectivity index (χ1) is 13.6. The zero-order valence-electron chi connectivity index (χ0n) is 15.3. The van der Waals surface area contributed by atoms with Crippen molar-refractivity contribution < 1.29 is 38.6 Å². The van der Waals surface area contributed by atoms with E-state index in [9.17, 15) is 24.3 Å². The molecular formula is C17H17N3O8S. The van der Waals surface area contributed by atoms with Gasteiger partial charge in [-0.25, -0.2) is 9.59 Å². The lowest BCUT2D eigenvalue weighted by Crippen LogP contribution is -2.70. The zero-order chi connectivity index (χ0) is 21.3. The van der Waals surface area contributed by atoms with Gasteiger partial charge in [0.15, 0.2) is 5.76 Å². The number of rotatable bonds is 7. The normalized spacial score (nSPS) is 21.6. The number of carbonyl (C=O) groups is 4. The predicted molar refractivity (Wildman–Crippen MR) is 98.8 cm³/mol. The molecule has 29 heavy (non-hydrogen) atoms. The molecule has 3 N–H and O–H groups in total. The maximum atomic E-state index is 12.7. The Bertz CT molecular complexity index is 921. The van der Waals surface area contributed by atoms with Crippen molar-refractivity contribution in [3.8, 4) is 0 Å². The van der Waals surface area contributed by atoms with Gasteiger partial charge in [0.1, 0.15) is 17.1 Å². The van der Waals surface area contributed by atoms with Gasteiger partial charge in [-0.2, -0.15) is 0 Å². The number of hydrogen-bond donors (Lipinski definition) is 3. The molecule has 0 radical (unpaired) electrons. The summed E-state index contributed by atoms with van der Waals surface area (Å²) < 4.78 is 5.15. The number of thioether (sulfide) groups is 1. The summed E-state index contributed by atoms with van der Waals surface area (Å²) in [5.41, 5.74) is -2.19. The van der Waals surface area contributed by atoms with Crippen LogP contribution in [0.5, 0.6) is 0 Å². The largest absolute Gasteiger partial charge is 0.478 e. The van der Waals surface area contributed by atoms with E-state index in [0.29, 0.717) is 5.75 Å². The molecule has 154 valence electrons. The average Bonchev–Trinajstić information content (AvgIpc) is 3.19. The monoisotopic (exact) mass is 423 g/mol. The quantitative estimate of drug-likeness (QED) is 0.317. The highest BCUT2D eigenvalue weighted by molar-refractivity contribution is 8.00. The van der Waals surface area contributed by atoms with Gasteiger partial charge < -0.3 is 24.8 Å². The van der Waals surface area contributed by atoms with E-state index in [1.165, 1.54) is 50.1 Å². The van der Waals surface area contributed by atoms with Crippen LogP contribution < -0.4 is 5.32 Å². The van der Waals surface area contributed by atoms with Crippen LogP contribution >= 0.6 is 11.8 Å². The summed E-state index contributed by atoms with van der Waals surface area (Å²) in [6.07, 6.45) is 2.72. The van der Waals surface area contributed by atoms with Gasteiger partial charge in [-0.1, -0.05) is 5.16 Å². The van der Waals surface area contributed by atoms with E-state index in [1.54, 1.807) is 0 Å². The van der Waals surface area contributed by atoms with Gasteiger partial charge >= 0.3 is 11.9 Å². The summed E-state index contributed by atoms with van der Waals surface area (Å²) in [5.74, 6) is -3.54. The molecule has 3 rings (SSSR count). The topological polar surface area (TPSA) is 159 Å². The van der Waals surface area contributed by atoms with E-state index in [1.807, 2.05) is 0 Å². The molecule has 2 atom stereocenters. The number of carboxylic acid groups (broad SMARTS) is 2. The third-order valence-electron chi connectivity index (χ3n) is 4.20. The molecule has 0 saturated carbocycles. The van der Waals surface area contributed by atoms with Crippen molar-refractivity contribution in [2.75, 3.05) is 5.75 Å². The molecule has 2 aliphatic rings. The first-order valence-corrected chi connectivity index (χ1v) is 9.41. The van der Waals surface area contributed by atoms with Crippen molar-refractivity contribution in [3.05, 3.63) is 35.9 Å². The van der Waals surface area contributed by atoms with Crippen molar-refractivity contribution in [2.24, 2.45) is 5.16 Å². The number of β-lactam (4-membered cyclic amide) rings is 1. The Morgan fingerprint density at radius 1 is 1.38 bits per heavy atom. The number of furan rings is 1. The van der Waals surface area contributed by atoms with Crippen LogP contribution in [0.3, 0.4) is 0 Å². The minimum absolute atomic E-state index is 0.00901. The maximum absolute atomic E-state index is 12.7. The van der Waals surface area contributed by atoms with E-state index < -0.39 is 40.8 Å². The van der Waals surface area contributed by atoms with Crippen molar-refractivity contribution in [2.45, 2.75) is 30.9 Å². The fourth-order valence-electron chi connectivity index (χ4n) is 2.56. The van der Waals surface area contributed by atoms with E-state index >= 15 is 0 Å². The molecule has 0 spiro atoms. The first-order valence-electron chi connectivity index (χ1n) is 8.36. The minimum Gasteiger partial charge on any atom is -0.478 e. The van der Waals surface area contributed by atoms with Gasteiger partial charge in [-0.15, -0.1) is 11.8 Å². The van der Waals surface area contributed by atoms with Crippen LogP contribution in [0.4, 0.5) is 0 Å². The molecular weight excluding hydrogens is 406 g/mol. The third-order valence-corrected chi connectivity index (χ3v) is 5.39. The molecule has 3 heterocycles. The molecule has 2 amide bonds. The number of aliphatic carboxylic acids is 2. The second-order valence-corrected chi connectivity index (χ2v) is 7.75. The Labute approximate surface area is 168 Å². The van der Waals surface area contributed by atoms with E-state index in [4.69, 9.17) is 14.4 Å². The number of oxime groups is 1. The lowest BCUT2D eigenvalue weighted by Gasteiger charge is -2.48. The Balaban J connectivity index is 1.78. The molecule has 12 heteroatoms. The van der Waals surface area contributed by atoms with Gasteiger partial charge in [0.2, 0.25) is 11.3 Å². The average molecular weight is 423 g/mol. The minimum atomic E-state index is -1.71. The van der Waals surface area contributed by atoms with Crippen molar-refractivity contribution in [1.29, 1.82) is 0 Å². The Morgan fingerprint density at radius 2 is 2.10 bits per heavy atom. The highest BCUT2D eigenvalue weighted by Crippen LogP contribution is 2.37. The maximum Gasteiger partial charge on any atom is 0.352 e.